The SMILES string of the molecule is CCCC/C=C\C/C=C\CCCCCCCC(=O)OCC(COC(=O)CCCCCCCCC/C=C\C/C=C\CCCCCC)OC(=O)CCCCCCC/C=C\CCCCCCCC. The van der Waals surface area contributed by atoms with E-state index < -0.39 is 6.10 Å². The molecule has 1 unspecified atom stereocenters. The molecule has 0 aliphatic rings. The van der Waals surface area contributed by atoms with E-state index in [1.54, 1.807) is 0 Å². The Kier molecular flexibility index (Phi) is 51.3. The third-order valence-corrected chi connectivity index (χ3v) is 12.0. The summed E-state index contributed by atoms with van der Waals surface area (Å²) in [5.41, 5.74) is 0. The Morgan fingerprint density at radius 2 is 0.569 bits per heavy atom. The van der Waals surface area contributed by atoms with Crippen LogP contribution in [0.2, 0.25) is 0 Å². The van der Waals surface area contributed by atoms with E-state index in [2.05, 4.69) is 81.5 Å². The number of hydrogen-bond donors (Lipinski definition) is 0. The van der Waals surface area contributed by atoms with Gasteiger partial charge in [0.15, 0.2) is 6.10 Å². The van der Waals surface area contributed by atoms with Crippen molar-refractivity contribution >= 4 is 17.9 Å². The minimum Gasteiger partial charge on any atom is -0.462 e. The number of allylic oxidation sites excluding steroid dienone is 10. The molecule has 376 valence electrons. The predicted octanol–water partition coefficient (Wildman–Crippen LogP) is 18.4. The van der Waals surface area contributed by atoms with E-state index in [-0.39, 0.29) is 31.1 Å². The number of carbonyl (C=O) groups excluding carboxylic acids is 3. The first-order valence-electron chi connectivity index (χ1n) is 27.8. The number of carbonyl (C=O) groups is 3. The molecule has 0 saturated carbocycles. The highest BCUT2D eigenvalue weighted by Crippen LogP contribution is 2.14. The molecule has 0 N–H and O–H groups in total. The summed E-state index contributed by atoms with van der Waals surface area (Å²) in [6, 6.07) is 0. The topological polar surface area (TPSA) is 78.9 Å². The van der Waals surface area contributed by atoms with Crippen molar-refractivity contribution in [3.63, 3.8) is 0 Å². The molecule has 0 spiro atoms. The van der Waals surface area contributed by atoms with Crippen molar-refractivity contribution in [2.45, 2.75) is 284 Å². The van der Waals surface area contributed by atoms with Gasteiger partial charge in [-0.1, -0.05) is 216 Å². The zero-order valence-electron chi connectivity index (χ0n) is 43.0. The van der Waals surface area contributed by atoms with Crippen LogP contribution in [0.15, 0.2) is 60.8 Å². The van der Waals surface area contributed by atoms with Crippen molar-refractivity contribution in [1.82, 2.24) is 0 Å². The molecule has 0 amide bonds. The average molecular weight is 909 g/mol. The molecule has 0 rings (SSSR count). The molecule has 0 radical (unpaired) electrons. The average Bonchev–Trinajstić information content (AvgIpc) is 3.30. The van der Waals surface area contributed by atoms with Gasteiger partial charge in [0.05, 0.1) is 0 Å². The third kappa shape index (κ3) is 51.9. The molecule has 0 aliphatic carbocycles. The second kappa shape index (κ2) is 53.7. The summed E-state index contributed by atoms with van der Waals surface area (Å²) in [6.45, 7) is 6.57. The number of ether oxygens (including phenoxy) is 3. The molecule has 65 heavy (non-hydrogen) atoms. The van der Waals surface area contributed by atoms with Crippen LogP contribution in [0, 0.1) is 0 Å². The maximum absolute atomic E-state index is 12.8. The fourth-order valence-corrected chi connectivity index (χ4v) is 7.72. The minimum absolute atomic E-state index is 0.0857. The quantitative estimate of drug-likeness (QED) is 0.0262. The summed E-state index contributed by atoms with van der Waals surface area (Å²) in [7, 11) is 0. The molecule has 0 aromatic carbocycles. The van der Waals surface area contributed by atoms with Crippen LogP contribution in [0.1, 0.15) is 278 Å². The minimum atomic E-state index is -0.787. The van der Waals surface area contributed by atoms with Crippen molar-refractivity contribution in [2.24, 2.45) is 0 Å². The van der Waals surface area contributed by atoms with Crippen LogP contribution in [-0.2, 0) is 28.6 Å². The third-order valence-electron chi connectivity index (χ3n) is 12.0. The van der Waals surface area contributed by atoms with Gasteiger partial charge in [0.2, 0.25) is 0 Å². The maximum Gasteiger partial charge on any atom is 0.306 e. The van der Waals surface area contributed by atoms with Gasteiger partial charge in [-0.15, -0.1) is 0 Å². The van der Waals surface area contributed by atoms with Gasteiger partial charge in [0, 0.05) is 19.3 Å². The first-order chi connectivity index (χ1) is 32.0. The molecule has 6 nitrogen and oxygen atoms in total. The second-order valence-corrected chi connectivity index (χ2v) is 18.5. The van der Waals surface area contributed by atoms with Gasteiger partial charge >= 0.3 is 17.9 Å². The summed E-state index contributed by atoms with van der Waals surface area (Å²) < 4.78 is 16.8. The van der Waals surface area contributed by atoms with Gasteiger partial charge in [-0.2, -0.15) is 0 Å². The summed E-state index contributed by atoms with van der Waals surface area (Å²) in [4.78, 5) is 38.1. The Hall–Kier alpha value is -2.89. The molecule has 1 atom stereocenters. The second-order valence-electron chi connectivity index (χ2n) is 18.5. The normalized spacial score (nSPS) is 12.5. The summed E-state index contributed by atoms with van der Waals surface area (Å²) >= 11 is 0. The zero-order valence-corrected chi connectivity index (χ0v) is 43.0. The monoisotopic (exact) mass is 909 g/mol. The van der Waals surface area contributed by atoms with E-state index in [9.17, 15) is 14.4 Å². The molecular weight excluding hydrogens is 805 g/mol. The Morgan fingerprint density at radius 3 is 0.923 bits per heavy atom. The molecule has 0 aromatic heterocycles. The van der Waals surface area contributed by atoms with Crippen LogP contribution in [0.5, 0.6) is 0 Å². The van der Waals surface area contributed by atoms with Gasteiger partial charge in [-0.3, -0.25) is 14.4 Å². The Labute approximate surface area is 402 Å². The summed E-state index contributed by atoms with van der Waals surface area (Å²) in [5, 5.41) is 0. The number of hydrogen-bond acceptors (Lipinski definition) is 6. The molecule has 0 heterocycles. The van der Waals surface area contributed by atoms with E-state index in [1.165, 1.54) is 135 Å². The van der Waals surface area contributed by atoms with Crippen molar-refractivity contribution in [3.8, 4) is 0 Å². The predicted molar refractivity (Wildman–Crippen MR) is 279 cm³/mol. The summed E-state index contributed by atoms with van der Waals surface area (Å²) in [6.07, 6.45) is 66.3. The lowest BCUT2D eigenvalue weighted by Gasteiger charge is -2.18. The molecule has 0 saturated heterocycles. The smallest absolute Gasteiger partial charge is 0.306 e. The van der Waals surface area contributed by atoms with Gasteiger partial charge < -0.3 is 14.2 Å². The number of unbranched alkanes of at least 4 members (excludes halogenated alkanes) is 29. The molecule has 0 aromatic rings. The van der Waals surface area contributed by atoms with Crippen LogP contribution in [0.3, 0.4) is 0 Å². The van der Waals surface area contributed by atoms with Crippen LogP contribution in [-0.4, -0.2) is 37.2 Å². The van der Waals surface area contributed by atoms with Gasteiger partial charge in [-0.25, -0.2) is 0 Å². The number of esters is 3. The summed E-state index contributed by atoms with van der Waals surface area (Å²) in [5.74, 6) is -0.908. The van der Waals surface area contributed by atoms with Crippen molar-refractivity contribution in [3.05, 3.63) is 60.8 Å². The van der Waals surface area contributed by atoms with E-state index in [0.29, 0.717) is 19.3 Å². The van der Waals surface area contributed by atoms with E-state index in [4.69, 9.17) is 14.2 Å². The van der Waals surface area contributed by atoms with E-state index in [0.717, 1.165) is 103 Å². The molecule has 0 bridgehead atoms. The molecule has 0 fully saturated rings. The fraction of sp³-hybridized carbons (Fsp3) is 0.780. The zero-order chi connectivity index (χ0) is 47.2. The highest BCUT2D eigenvalue weighted by Gasteiger charge is 2.19. The standard InChI is InChI=1S/C59H104O6/c1-4-7-10-13-16-19-22-25-28-29-30-32-34-37-40-43-46-49-52-58(61)64-55-56(54-63-57(60)51-48-45-42-39-36-33-27-24-21-18-15-12-9-6-3)65-59(62)53-50-47-44-41-38-35-31-26-23-20-17-14-11-8-5-2/h15,18-19,22,24,26-29,31,56H,4-14,16-17,20-21,23,25,30,32-55H2,1-3H3/b18-15-,22-19-,27-24-,29-28-,31-26-. The first-order valence-corrected chi connectivity index (χ1v) is 27.8. The lowest BCUT2D eigenvalue weighted by atomic mass is 10.1. The van der Waals surface area contributed by atoms with Crippen LogP contribution >= 0.6 is 0 Å². The van der Waals surface area contributed by atoms with Crippen LogP contribution in [0.25, 0.3) is 0 Å². The maximum atomic E-state index is 12.8. The van der Waals surface area contributed by atoms with Gasteiger partial charge in [0.1, 0.15) is 13.2 Å². The van der Waals surface area contributed by atoms with Crippen LogP contribution < -0.4 is 0 Å². The molecule has 6 heteroatoms. The Balaban J connectivity index is 4.41. The first kappa shape index (κ1) is 62.1. The highest BCUT2D eigenvalue weighted by molar-refractivity contribution is 5.71. The molecule has 0 aliphatic heterocycles. The van der Waals surface area contributed by atoms with Crippen molar-refractivity contribution in [1.29, 1.82) is 0 Å². The van der Waals surface area contributed by atoms with E-state index in [1.807, 2.05) is 0 Å². The van der Waals surface area contributed by atoms with Crippen molar-refractivity contribution < 1.29 is 28.6 Å². The van der Waals surface area contributed by atoms with E-state index >= 15 is 0 Å². The Morgan fingerprint density at radius 1 is 0.308 bits per heavy atom. The number of rotatable bonds is 50. The lowest BCUT2D eigenvalue weighted by Crippen LogP contribution is -2.30. The van der Waals surface area contributed by atoms with Gasteiger partial charge in [-0.05, 0) is 103 Å². The Bertz CT molecular complexity index is 1180. The van der Waals surface area contributed by atoms with Crippen LogP contribution in [0.4, 0.5) is 0 Å². The lowest BCUT2D eigenvalue weighted by molar-refractivity contribution is -0.167. The highest BCUT2D eigenvalue weighted by atomic mass is 16.6. The molecular formula is C59H104O6. The largest absolute Gasteiger partial charge is 0.462 e. The van der Waals surface area contributed by atoms with Crippen molar-refractivity contribution in [2.75, 3.05) is 13.2 Å². The fourth-order valence-electron chi connectivity index (χ4n) is 7.72. The van der Waals surface area contributed by atoms with Gasteiger partial charge in [0.25, 0.3) is 0 Å².